The lowest BCUT2D eigenvalue weighted by Crippen LogP contribution is -1.88. The van der Waals surface area contributed by atoms with E-state index in [-0.39, 0.29) is 0 Å². The zero-order chi connectivity index (χ0) is 10.7. The first-order chi connectivity index (χ1) is 7.25. The second-order valence-corrected chi connectivity index (χ2v) is 3.46. The lowest BCUT2D eigenvalue weighted by Gasteiger charge is -2.05. The Morgan fingerprint density at radius 1 is 1.27 bits per heavy atom. The van der Waals surface area contributed by atoms with Gasteiger partial charge in [-0.25, -0.2) is 4.98 Å². The normalized spacial score (nSPS) is 10.0. The van der Waals surface area contributed by atoms with Gasteiger partial charge in [-0.3, -0.25) is 4.98 Å². The summed E-state index contributed by atoms with van der Waals surface area (Å²) in [6.45, 7) is 1.92. The molecule has 15 heavy (non-hydrogen) atoms. The Bertz CT molecular complexity index is 459. The molecule has 1 heterocycles. The van der Waals surface area contributed by atoms with Gasteiger partial charge in [0.05, 0.1) is 6.20 Å². The van der Waals surface area contributed by atoms with E-state index in [2.05, 4.69) is 9.97 Å². The fourth-order valence-corrected chi connectivity index (χ4v) is 1.26. The smallest absolute Gasteiger partial charge is 0.237 e. The van der Waals surface area contributed by atoms with Crippen LogP contribution in [0.1, 0.15) is 5.56 Å². The molecule has 0 aliphatic rings. The fraction of sp³-hybridized carbons (Fsp3) is 0.0909. The van der Waals surface area contributed by atoms with E-state index in [0.717, 1.165) is 10.6 Å². The van der Waals surface area contributed by atoms with Gasteiger partial charge in [0.15, 0.2) is 0 Å². The van der Waals surface area contributed by atoms with Crippen LogP contribution in [0.15, 0.2) is 36.8 Å². The van der Waals surface area contributed by atoms with Crippen LogP contribution in [0.4, 0.5) is 0 Å². The maximum atomic E-state index is 5.90. The molecule has 0 spiro atoms. The van der Waals surface area contributed by atoms with E-state index in [1.807, 2.05) is 13.0 Å². The summed E-state index contributed by atoms with van der Waals surface area (Å²) in [5.41, 5.74) is 0.970. The van der Waals surface area contributed by atoms with E-state index < -0.39 is 0 Å². The van der Waals surface area contributed by atoms with Gasteiger partial charge in [0.1, 0.15) is 5.75 Å². The molecule has 0 amide bonds. The number of aromatic nitrogens is 2. The summed E-state index contributed by atoms with van der Waals surface area (Å²) in [5.74, 6) is 1.18. The summed E-state index contributed by atoms with van der Waals surface area (Å²) in [4.78, 5) is 7.92. The molecule has 0 saturated carbocycles. The Morgan fingerprint density at radius 3 is 2.80 bits per heavy atom. The Hall–Kier alpha value is -1.61. The molecule has 0 atom stereocenters. The van der Waals surface area contributed by atoms with Gasteiger partial charge < -0.3 is 4.74 Å². The van der Waals surface area contributed by atoms with Crippen molar-refractivity contribution < 1.29 is 4.74 Å². The number of halogens is 1. The summed E-state index contributed by atoms with van der Waals surface area (Å²) in [7, 11) is 0. The first kappa shape index (κ1) is 9.93. The zero-order valence-electron chi connectivity index (χ0n) is 8.14. The number of hydrogen-bond acceptors (Lipinski definition) is 3. The van der Waals surface area contributed by atoms with Crippen LogP contribution in [0.25, 0.3) is 0 Å². The topological polar surface area (TPSA) is 35.0 Å². The number of rotatable bonds is 2. The highest BCUT2D eigenvalue weighted by atomic mass is 35.5. The molecule has 0 fully saturated rings. The Labute approximate surface area is 92.7 Å². The zero-order valence-corrected chi connectivity index (χ0v) is 8.90. The van der Waals surface area contributed by atoms with Crippen LogP contribution in [0.2, 0.25) is 5.02 Å². The first-order valence-corrected chi connectivity index (χ1v) is 4.83. The minimum atomic E-state index is 0.472. The van der Waals surface area contributed by atoms with Crippen molar-refractivity contribution >= 4 is 11.6 Å². The van der Waals surface area contributed by atoms with Crippen LogP contribution < -0.4 is 4.74 Å². The second kappa shape index (κ2) is 4.28. The van der Waals surface area contributed by atoms with Crippen molar-refractivity contribution in [1.82, 2.24) is 9.97 Å². The van der Waals surface area contributed by atoms with E-state index >= 15 is 0 Å². The van der Waals surface area contributed by atoms with Crippen LogP contribution in [-0.4, -0.2) is 9.97 Å². The van der Waals surface area contributed by atoms with Gasteiger partial charge in [0, 0.05) is 17.4 Å². The molecule has 0 radical (unpaired) electrons. The van der Waals surface area contributed by atoms with Crippen LogP contribution in [0.5, 0.6) is 11.6 Å². The highest BCUT2D eigenvalue weighted by molar-refractivity contribution is 6.31. The molecule has 1 aromatic carbocycles. The highest BCUT2D eigenvalue weighted by Gasteiger charge is 2.00. The summed E-state index contributed by atoms with van der Waals surface area (Å²) in [6, 6.07) is 5.45. The number of aryl methyl sites for hydroxylation is 1. The Balaban J connectivity index is 2.22. The maximum Gasteiger partial charge on any atom is 0.237 e. The number of benzene rings is 1. The summed E-state index contributed by atoms with van der Waals surface area (Å²) < 4.78 is 5.48. The van der Waals surface area contributed by atoms with Crippen molar-refractivity contribution in [2.24, 2.45) is 0 Å². The maximum absolute atomic E-state index is 5.90. The molecule has 0 aliphatic heterocycles. The largest absolute Gasteiger partial charge is 0.437 e. The molecule has 4 heteroatoms. The van der Waals surface area contributed by atoms with E-state index in [9.17, 15) is 0 Å². The molecule has 0 N–H and O–H groups in total. The third-order valence-electron chi connectivity index (χ3n) is 1.89. The second-order valence-electron chi connectivity index (χ2n) is 3.06. The molecule has 2 rings (SSSR count). The SMILES string of the molecule is Cc1cc(Oc2cnccn2)ccc1Cl. The van der Waals surface area contributed by atoms with Crippen molar-refractivity contribution in [3.8, 4) is 11.6 Å². The van der Waals surface area contributed by atoms with Gasteiger partial charge >= 0.3 is 0 Å². The van der Waals surface area contributed by atoms with Crippen molar-refractivity contribution in [2.45, 2.75) is 6.92 Å². The molecule has 76 valence electrons. The summed E-state index contributed by atoms with van der Waals surface area (Å²) in [5, 5.41) is 0.724. The van der Waals surface area contributed by atoms with Crippen LogP contribution in [0.3, 0.4) is 0 Å². The molecule has 1 aromatic heterocycles. The summed E-state index contributed by atoms with van der Waals surface area (Å²) in [6.07, 6.45) is 4.74. The average molecular weight is 221 g/mol. The number of hydrogen-bond donors (Lipinski definition) is 0. The lowest BCUT2D eigenvalue weighted by molar-refractivity contribution is 0.460. The van der Waals surface area contributed by atoms with Crippen LogP contribution >= 0.6 is 11.6 Å². The van der Waals surface area contributed by atoms with Gasteiger partial charge in [-0.2, -0.15) is 0 Å². The van der Waals surface area contributed by atoms with Crippen molar-refractivity contribution in [1.29, 1.82) is 0 Å². The fourth-order valence-electron chi connectivity index (χ4n) is 1.14. The molecule has 3 nitrogen and oxygen atoms in total. The van der Waals surface area contributed by atoms with Crippen molar-refractivity contribution in [3.63, 3.8) is 0 Å². The standard InChI is InChI=1S/C11H9ClN2O/c1-8-6-9(2-3-10(8)12)15-11-7-13-4-5-14-11/h2-7H,1H3. The van der Waals surface area contributed by atoms with E-state index in [1.54, 1.807) is 30.7 Å². The van der Waals surface area contributed by atoms with Gasteiger partial charge in [0.2, 0.25) is 5.88 Å². The quantitative estimate of drug-likeness (QED) is 0.780. The van der Waals surface area contributed by atoms with E-state index in [0.29, 0.717) is 11.6 Å². The van der Waals surface area contributed by atoms with Gasteiger partial charge in [-0.15, -0.1) is 0 Å². The van der Waals surface area contributed by atoms with E-state index in [4.69, 9.17) is 16.3 Å². The minimum absolute atomic E-state index is 0.472. The van der Waals surface area contributed by atoms with Gasteiger partial charge in [-0.05, 0) is 30.7 Å². The lowest BCUT2D eigenvalue weighted by atomic mass is 10.2. The van der Waals surface area contributed by atoms with Crippen LogP contribution in [-0.2, 0) is 0 Å². The van der Waals surface area contributed by atoms with Gasteiger partial charge in [0.25, 0.3) is 0 Å². The molecule has 0 unspecified atom stereocenters. The molecular weight excluding hydrogens is 212 g/mol. The molecule has 0 aliphatic carbocycles. The molecular formula is C11H9ClN2O. The molecule has 0 bridgehead atoms. The molecule has 2 aromatic rings. The highest BCUT2D eigenvalue weighted by Crippen LogP contribution is 2.24. The first-order valence-electron chi connectivity index (χ1n) is 4.46. The average Bonchev–Trinajstić information content (AvgIpc) is 2.25. The monoisotopic (exact) mass is 220 g/mol. The van der Waals surface area contributed by atoms with Crippen molar-refractivity contribution in [2.75, 3.05) is 0 Å². The summed E-state index contributed by atoms with van der Waals surface area (Å²) >= 11 is 5.90. The van der Waals surface area contributed by atoms with Crippen molar-refractivity contribution in [3.05, 3.63) is 47.4 Å². The Kier molecular flexibility index (Phi) is 2.83. The minimum Gasteiger partial charge on any atom is -0.437 e. The number of ether oxygens (including phenoxy) is 1. The predicted octanol–water partition coefficient (Wildman–Crippen LogP) is 3.23. The predicted molar refractivity (Wildman–Crippen MR) is 58.3 cm³/mol. The third-order valence-corrected chi connectivity index (χ3v) is 2.32. The molecule has 0 saturated heterocycles. The van der Waals surface area contributed by atoms with E-state index in [1.165, 1.54) is 0 Å². The third kappa shape index (κ3) is 2.44. The van der Waals surface area contributed by atoms with Gasteiger partial charge in [-0.1, -0.05) is 11.6 Å². The number of nitrogens with zero attached hydrogens (tertiary/aromatic N) is 2. The van der Waals surface area contributed by atoms with Crippen LogP contribution in [0, 0.1) is 6.92 Å². The Morgan fingerprint density at radius 2 is 2.13 bits per heavy atom.